The highest BCUT2D eigenvalue weighted by Crippen LogP contribution is 2.19. The van der Waals surface area contributed by atoms with Crippen molar-refractivity contribution in [1.82, 2.24) is 9.55 Å². The average Bonchev–Trinajstić information content (AvgIpc) is 2.71. The van der Waals surface area contributed by atoms with Crippen LogP contribution in [0.4, 0.5) is 10.2 Å². The third-order valence-electron chi connectivity index (χ3n) is 2.13. The number of nitrogens with zero attached hydrogens (tertiary/aromatic N) is 2. The molecule has 0 radical (unpaired) electrons. The van der Waals surface area contributed by atoms with E-state index in [1.807, 2.05) is 0 Å². The number of hydrogen-bond acceptors (Lipinski definition) is 6. The molecular formula is C8H10FN3O4. The summed E-state index contributed by atoms with van der Waals surface area (Å²) in [6.45, 7) is -0.299. The van der Waals surface area contributed by atoms with Crippen LogP contribution in [0, 0.1) is 5.82 Å². The van der Waals surface area contributed by atoms with Crippen molar-refractivity contribution < 1.29 is 19.0 Å². The van der Waals surface area contributed by atoms with Gasteiger partial charge in [0.15, 0.2) is 24.2 Å². The minimum atomic E-state index is -0.810. The van der Waals surface area contributed by atoms with E-state index in [9.17, 15) is 9.18 Å². The van der Waals surface area contributed by atoms with Gasteiger partial charge < -0.3 is 20.3 Å². The van der Waals surface area contributed by atoms with Gasteiger partial charge in [-0.2, -0.15) is 4.98 Å². The monoisotopic (exact) mass is 231 g/mol. The lowest BCUT2D eigenvalue weighted by atomic mass is 10.5. The highest BCUT2D eigenvalue weighted by atomic mass is 19.1. The Labute approximate surface area is 89.2 Å². The fourth-order valence-electron chi connectivity index (χ4n) is 1.35. The molecule has 1 aromatic rings. The molecule has 0 aliphatic carbocycles. The maximum Gasteiger partial charge on any atom is 0.351 e. The second-order valence-corrected chi connectivity index (χ2v) is 3.20. The summed E-state index contributed by atoms with van der Waals surface area (Å²) in [4.78, 5) is 14.7. The molecule has 1 fully saturated rings. The molecule has 8 heteroatoms. The summed E-state index contributed by atoms with van der Waals surface area (Å²) in [7, 11) is 0. The standard InChI is InChI=1S/C8H10FN3O4/c9-4-1-12(8(14)11-7(4)10)5-3-15-6(2-13)16-5/h1,5-6,13H,2-3H2,(H2,10,11,14)/t5-,6?/m0/s1. The minimum absolute atomic E-state index is 0.0379. The molecule has 1 saturated heterocycles. The van der Waals surface area contributed by atoms with Crippen molar-refractivity contribution in [2.24, 2.45) is 0 Å². The summed E-state index contributed by atoms with van der Waals surface area (Å²) < 4.78 is 24.1. The first-order valence-corrected chi connectivity index (χ1v) is 4.54. The molecule has 0 spiro atoms. The molecule has 0 bridgehead atoms. The van der Waals surface area contributed by atoms with Crippen molar-refractivity contribution in [3.05, 3.63) is 22.5 Å². The Balaban J connectivity index is 2.28. The summed E-state index contributed by atoms with van der Waals surface area (Å²) >= 11 is 0. The summed E-state index contributed by atoms with van der Waals surface area (Å²) in [5.74, 6) is -1.27. The second kappa shape index (κ2) is 4.16. The van der Waals surface area contributed by atoms with Crippen molar-refractivity contribution in [1.29, 1.82) is 0 Å². The molecule has 2 heterocycles. The van der Waals surface area contributed by atoms with Gasteiger partial charge in [-0.3, -0.25) is 4.57 Å². The van der Waals surface area contributed by atoms with Gasteiger partial charge >= 0.3 is 5.69 Å². The Kier molecular flexibility index (Phi) is 2.86. The predicted octanol–water partition coefficient (Wildman–Crippen LogP) is -1.17. The van der Waals surface area contributed by atoms with Gasteiger partial charge in [-0.1, -0.05) is 0 Å². The first-order chi connectivity index (χ1) is 7.61. The Bertz CT molecular complexity index is 449. The Morgan fingerprint density at radius 2 is 2.50 bits per heavy atom. The van der Waals surface area contributed by atoms with Crippen LogP contribution in [-0.4, -0.2) is 34.2 Å². The SMILES string of the molecule is Nc1nc(=O)n([C@@H]2COC(CO)O2)cc1F. The van der Waals surface area contributed by atoms with Gasteiger partial charge in [-0.15, -0.1) is 0 Å². The summed E-state index contributed by atoms with van der Waals surface area (Å²) in [6.07, 6.45) is -0.705. The molecule has 0 saturated carbocycles. The molecule has 2 rings (SSSR count). The molecule has 0 amide bonds. The smallest absolute Gasteiger partial charge is 0.351 e. The maximum atomic E-state index is 13.1. The number of aromatic nitrogens is 2. The number of aliphatic hydroxyl groups is 1. The number of rotatable bonds is 2. The topological polar surface area (TPSA) is 99.6 Å². The van der Waals surface area contributed by atoms with Crippen molar-refractivity contribution in [3.63, 3.8) is 0 Å². The van der Waals surface area contributed by atoms with E-state index in [1.54, 1.807) is 0 Å². The second-order valence-electron chi connectivity index (χ2n) is 3.20. The van der Waals surface area contributed by atoms with Gasteiger partial charge in [0.1, 0.15) is 0 Å². The van der Waals surface area contributed by atoms with E-state index in [4.69, 9.17) is 20.3 Å². The van der Waals surface area contributed by atoms with Crippen LogP contribution in [0.3, 0.4) is 0 Å². The van der Waals surface area contributed by atoms with E-state index >= 15 is 0 Å². The summed E-state index contributed by atoms with van der Waals surface area (Å²) in [6, 6.07) is 0. The van der Waals surface area contributed by atoms with Crippen LogP contribution in [0.1, 0.15) is 6.23 Å². The van der Waals surface area contributed by atoms with E-state index in [0.717, 1.165) is 10.8 Å². The van der Waals surface area contributed by atoms with Crippen molar-refractivity contribution >= 4 is 5.82 Å². The number of ether oxygens (including phenoxy) is 2. The molecule has 16 heavy (non-hydrogen) atoms. The number of nitrogens with two attached hydrogens (primary N) is 1. The van der Waals surface area contributed by atoms with Gasteiger partial charge in [-0.05, 0) is 0 Å². The van der Waals surface area contributed by atoms with E-state index < -0.39 is 29.8 Å². The zero-order chi connectivity index (χ0) is 11.7. The van der Waals surface area contributed by atoms with Crippen LogP contribution in [0.15, 0.2) is 11.0 Å². The quantitative estimate of drug-likeness (QED) is 0.665. The van der Waals surface area contributed by atoms with Crippen molar-refractivity contribution in [2.45, 2.75) is 12.5 Å². The zero-order valence-corrected chi connectivity index (χ0v) is 8.17. The lowest BCUT2D eigenvalue weighted by molar-refractivity contribution is -0.0993. The van der Waals surface area contributed by atoms with Crippen molar-refractivity contribution in [2.75, 3.05) is 18.9 Å². The van der Waals surface area contributed by atoms with E-state index in [-0.39, 0.29) is 13.2 Å². The molecular weight excluding hydrogens is 221 g/mol. The number of anilines is 1. The fourth-order valence-corrected chi connectivity index (χ4v) is 1.35. The predicted molar refractivity (Wildman–Crippen MR) is 49.8 cm³/mol. The van der Waals surface area contributed by atoms with E-state index in [2.05, 4.69) is 4.98 Å². The Morgan fingerprint density at radius 1 is 1.75 bits per heavy atom. The van der Waals surface area contributed by atoms with E-state index in [0.29, 0.717) is 0 Å². The lowest BCUT2D eigenvalue weighted by Gasteiger charge is -2.12. The minimum Gasteiger partial charge on any atom is -0.391 e. The molecule has 2 atom stereocenters. The molecule has 1 aromatic heterocycles. The van der Waals surface area contributed by atoms with Gasteiger partial charge in [-0.25, -0.2) is 9.18 Å². The molecule has 7 nitrogen and oxygen atoms in total. The fraction of sp³-hybridized carbons (Fsp3) is 0.500. The largest absolute Gasteiger partial charge is 0.391 e. The third kappa shape index (κ3) is 1.90. The third-order valence-corrected chi connectivity index (χ3v) is 2.13. The Hall–Kier alpha value is -1.51. The highest BCUT2D eigenvalue weighted by Gasteiger charge is 2.28. The summed E-state index contributed by atoms with van der Waals surface area (Å²) in [5, 5.41) is 8.75. The molecule has 1 aliphatic heterocycles. The molecule has 1 aliphatic rings. The molecule has 1 unspecified atom stereocenters. The number of halogens is 1. The highest BCUT2D eigenvalue weighted by molar-refractivity contribution is 5.26. The normalized spacial score (nSPS) is 24.9. The average molecular weight is 231 g/mol. The number of aliphatic hydroxyl groups excluding tert-OH is 1. The first kappa shape index (κ1) is 11.0. The van der Waals surface area contributed by atoms with Crippen LogP contribution in [0.25, 0.3) is 0 Å². The van der Waals surface area contributed by atoms with Crippen LogP contribution >= 0.6 is 0 Å². The van der Waals surface area contributed by atoms with Crippen molar-refractivity contribution in [3.8, 4) is 0 Å². The van der Waals surface area contributed by atoms with Gasteiger partial charge in [0.05, 0.1) is 19.4 Å². The van der Waals surface area contributed by atoms with Gasteiger partial charge in [0.2, 0.25) is 0 Å². The Morgan fingerprint density at radius 3 is 3.12 bits per heavy atom. The molecule has 3 N–H and O–H groups in total. The van der Waals surface area contributed by atoms with Crippen LogP contribution in [0.2, 0.25) is 0 Å². The molecule has 0 aromatic carbocycles. The maximum absolute atomic E-state index is 13.1. The van der Waals surface area contributed by atoms with Gasteiger partial charge in [0.25, 0.3) is 0 Å². The number of nitrogen functional groups attached to an aromatic ring is 1. The van der Waals surface area contributed by atoms with Crippen LogP contribution in [0.5, 0.6) is 0 Å². The summed E-state index contributed by atoms with van der Waals surface area (Å²) in [5.41, 5.74) is 4.40. The molecule has 88 valence electrons. The van der Waals surface area contributed by atoms with E-state index in [1.165, 1.54) is 0 Å². The first-order valence-electron chi connectivity index (χ1n) is 4.54. The van der Waals surface area contributed by atoms with Crippen LogP contribution < -0.4 is 11.4 Å². The lowest BCUT2D eigenvalue weighted by Crippen LogP contribution is -2.29. The zero-order valence-electron chi connectivity index (χ0n) is 8.17. The van der Waals surface area contributed by atoms with Gasteiger partial charge in [0, 0.05) is 0 Å². The number of hydrogen-bond donors (Lipinski definition) is 2. The van der Waals surface area contributed by atoms with Crippen LogP contribution in [-0.2, 0) is 9.47 Å².